The zero-order chi connectivity index (χ0) is 15.7. The van der Waals surface area contributed by atoms with Gasteiger partial charge in [-0.3, -0.25) is 4.79 Å². The Labute approximate surface area is 117 Å². The third-order valence-electron chi connectivity index (χ3n) is 3.20. The first-order valence-corrected chi connectivity index (χ1v) is 7.71. The summed E-state index contributed by atoms with van der Waals surface area (Å²) >= 11 is 0. The second kappa shape index (κ2) is 5.24. The van der Waals surface area contributed by atoms with Crippen molar-refractivity contribution in [3.05, 3.63) is 29.3 Å². The highest BCUT2D eigenvalue weighted by Gasteiger charge is 2.38. The summed E-state index contributed by atoms with van der Waals surface area (Å²) in [5.74, 6) is -1.73. The summed E-state index contributed by atoms with van der Waals surface area (Å²) in [6.07, 6.45) is 0.993. The third kappa shape index (κ3) is 3.16. The van der Waals surface area contributed by atoms with E-state index in [1.165, 1.54) is 32.0 Å². The molecule has 2 N–H and O–H groups in total. The summed E-state index contributed by atoms with van der Waals surface area (Å²) in [7, 11) is -3.56. The molecule has 0 aliphatic heterocycles. The molecule has 110 valence electrons. The minimum Gasteiger partial charge on any atom is -0.478 e. The van der Waals surface area contributed by atoms with Crippen molar-refractivity contribution >= 4 is 27.4 Å². The number of rotatable bonds is 4. The van der Waals surface area contributed by atoms with Gasteiger partial charge in [0.15, 0.2) is 9.84 Å². The van der Waals surface area contributed by atoms with Crippen LogP contribution in [0.5, 0.6) is 0 Å². The fourth-order valence-corrected chi connectivity index (χ4v) is 1.77. The maximum absolute atomic E-state index is 12.0. The van der Waals surface area contributed by atoms with Crippen molar-refractivity contribution in [2.24, 2.45) is 0 Å². The molecular formula is C13H17NO5S. The number of sulfone groups is 1. The van der Waals surface area contributed by atoms with Crippen LogP contribution in [0, 0.1) is 6.92 Å². The summed E-state index contributed by atoms with van der Waals surface area (Å²) in [5, 5.41) is 11.4. The molecule has 6 nitrogen and oxygen atoms in total. The zero-order valence-corrected chi connectivity index (χ0v) is 12.5. The van der Waals surface area contributed by atoms with Gasteiger partial charge >= 0.3 is 5.97 Å². The van der Waals surface area contributed by atoms with Crippen molar-refractivity contribution in [1.82, 2.24) is 0 Å². The van der Waals surface area contributed by atoms with Crippen LogP contribution in [0.2, 0.25) is 0 Å². The SMILES string of the molecule is Cc1cc(C(=O)O)ccc1NC(=O)C(C)(C)S(C)(=O)=O. The highest BCUT2D eigenvalue weighted by molar-refractivity contribution is 7.92. The molecule has 0 atom stereocenters. The molecule has 0 heterocycles. The van der Waals surface area contributed by atoms with Gasteiger partial charge < -0.3 is 10.4 Å². The van der Waals surface area contributed by atoms with Gasteiger partial charge in [-0.25, -0.2) is 13.2 Å². The number of aromatic carboxylic acids is 1. The molecule has 0 aromatic heterocycles. The van der Waals surface area contributed by atoms with Crippen LogP contribution >= 0.6 is 0 Å². The Hall–Kier alpha value is -1.89. The lowest BCUT2D eigenvalue weighted by atomic mass is 10.1. The molecule has 20 heavy (non-hydrogen) atoms. The maximum atomic E-state index is 12.0. The number of hydrogen-bond donors (Lipinski definition) is 2. The standard InChI is InChI=1S/C13H17NO5S/c1-8-7-9(11(15)16)5-6-10(8)14-12(17)13(2,3)20(4,18)19/h5-7H,1-4H3,(H,14,17)(H,15,16). The number of hydrogen-bond acceptors (Lipinski definition) is 4. The van der Waals surface area contributed by atoms with E-state index in [1.807, 2.05) is 0 Å². The molecule has 1 rings (SSSR count). The van der Waals surface area contributed by atoms with Gasteiger partial charge in [0, 0.05) is 11.9 Å². The second-order valence-electron chi connectivity index (χ2n) is 5.07. The Bertz CT molecular complexity index is 661. The number of carboxylic acids is 1. The summed E-state index contributed by atoms with van der Waals surface area (Å²) in [4.78, 5) is 22.9. The van der Waals surface area contributed by atoms with Crippen LogP contribution in [0.4, 0.5) is 5.69 Å². The Morgan fingerprint density at radius 1 is 1.25 bits per heavy atom. The number of benzene rings is 1. The van der Waals surface area contributed by atoms with Gasteiger partial charge in [-0.1, -0.05) is 0 Å². The fourth-order valence-electron chi connectivity index (χ4n) is 1.38. The van der Waals surface area contributed by atoms with E-state index in [-0.39, 0.29) is 5.56 Å². The molecule has 0 fully saturated rings. The number of nitrogens with one attached hydrogen (secondary N) is 1. The van der Waals surface area contributed by atoms with E-state index in [4.69, 9.17) is 5.11 Å². The van der Waals surface area contributed by atoms with Gasteiger partial charge in [0.2, 0.25) is 5.91 Å². The average Bonchev–Trinajstić information content (AvgIpc) is 2.29. The second-order valence-corrected chi connectivity index (χ2v) is 7.64. The minimum atomic E-state index is -3.56. The molecular weight excluding hydrogens is 282 g/mol. The Morgan fingerprint density at radius 2 is 1.80 bits per heavy atom. The lowest BCUT2D eigenvalue weighted by molar-refractivity contribution is -0.117. The number of amides is 1. The Balaban J connectivity index is 3.06. The van der Waals surface area contributed by atoms with Crippen molar-refractivity contribution in [1.29, 1.82) is 0 Å². The first kappa shape index (κ1) is 16.2. The summed E-state index contributed by atoms with van der Waals surface area (Å²) in [6, 6.07) is 4.19. The maximum Gasteiger partial charge on any atom is 0.335 e. The number of carbonyl (C=O) groups excluding carboxylic acids is 1. The molecule has 0 spiro atoms. The van der Waals surface area contributed by atoms with Crippen molar-refractivity contribution in [3.63, 3.8) is 0 Å². The molecule has 0 unspecified atom stereocenters. The van der Waals surface area contributed by atoms with Gasteiger partial charge in [0.1, 0.15) is 4.75 Å². The van der Waals surface area contributed by atoms with Gasteiger partial charge in [-0.15, -0.1) is 0 Å². The van der Waals surface area contributed by atoms with Crippen LogP contribution in [0.15, 0.2) is 18.2 Å². The zero-order valence-electron chi connectivity index (χ0n) is 11.7. The molecule has 0 radical (unpaired) electrons. The monoisotopic (exact) mass is 299 g/mol. The van der Waals surface area contributed by atoms with Crippen molar-refractivity contribution in [2.45, 2.75) is 25.5 Å². The quantitative estimate of drug-likeness (QED) is 0.876. The van der Waals surface area contributed by atoms with Crippen LogP contribution in [0.25, 0.3) is 0 Å². The Morgan fingerprint density at radius 3 is 2.20 bits per heavy atom. The largest absolute Gasteiger partial charge is 0.478 e. The normalized spacial score (nSPS) is 12.0. The summed E-state index contributed by atoms with van der Waals surface area (Å²) in [6.45, 7) is 4.27. The molecule has 0 aliphatic carbocycles. The molecule has 0 bridgehead atoms. The Kier molecular flexibility index (Phi) is 4.24. The van der Waals surface area contributed by atoms with E-state index < -0.39 is 26.5 Å². The number of carboxylic acid groups (broad SMARTS) is 1. The van der Waals surface area contributed by atoms with E-state index >= 15 is 0 Å². The molecule has 0 saturated heterocycles. The number of aryl methyl sites for hydroxylation is 1. The predicted octanol–water partition coefficient (Wildman–Crippen LogP) is 1.45. The molecule has 0 saturated carbocycles. The van der Waals surface area contributed by atoms with Gasteiger partial charge in [0.25, 0.3) is 0 Å². The minimum absolute atomic E-state index is 0.0999. The van der Waals surface area contributed by atoms with E-state index in [0.717, 1.165) is 6.26 Å². The molecule has 1 amide bonds. The van der Waals surface area contributed by atoms with E-state index in [9.17, 15) is 18.0 Å². The van der Waals surface area contributed by atoms with E-state index in [1.54, 1.807) is 6.92 Å². The predicted molar refractivity (Wildman–Crippen MR) is 75.7 cm³/mol. The first-order valence-electron chi connectivity index (χ1n) is 5.82. The topological polar surface area (TPSA) is 101 Å². The van der Waals surface area contributed by atoms with Crippen molar-refractivity contribution in [2.75, 3.05) is 11.6 Å². The van der Waals surface area contributed by atoms with Gasteiger partial charge in [0.05, 0.1) is 5.56 Å². The first-order chi connectivity index (χ1) is 8.96. The number of carbonyl (C=O) groups is 2. The van der Waals surface area contributed by atoms with Crippen LogP contribution in [0.3, 0.4) is 0 Å². The van der Waals surface area contributed by atoms with Gasteiger partial charge in [-0.2, -0.15) is 0 Å². The molecule has 7 heteroatoms. The lowest BCUT2D eigenvalue weighted by Gasteiger charge is -2.22. The van der Waals surface area contributed by atoms with Crippen molar-refractivity contribution < 1.29 is 23.1 Å². The van der Waals surface area contributed by atoms with Crippen LogP contribution in [-0.2, 0) is 14.6 Å². The summed E-state index contributed by atoms with van der Waals surface area (Å²) < 4.78 is 21.6. The molecule has 1 aromatic rings. The van der Waals surface area contributed by atoms with Gasteiger partial charge in [-0.05, 0) is 44.5 Å². The smallest absolute Gasteiger partial charge is 0.335 e. The molecule has 1 aromatic carbocycles. The van der Waals surface area contributed by atoms with Crippen LogP contribution in [0.1, 0.15) is 29.8 Å². The molecule has 0 aliphatic rings. The number of anilines is 1. The van der Waals surface area contributed by atoms with Crippen LogP contribution in [-0.4, -0.2) is 36.4 Å². The lowest BCUT2D eigenvalue weighted by Crippen LogP contribution is -2.44. The fraction of sp³-hybridized carbons (Fsp3) is 0.385. The van der Waals surface area contributed by atoms with Crippen LogP contribution < -0.4 is 5.32 Å². The average molecular weight is 299 g/mol. The highest BCUT2D eigenvalue weighted by atomic mass is 32.2. The van der Waals surface area contributed by atoms with E-state index in [2.05, 4.69) is 5.32 Å². The summed E-state index contributed by atoms with van der Waals surface area (Å²) in [5.41, 5.74) is 1.03. The highest BCUT2D eigenvalue weighted by Crippen LogP contribution is 2.21. The van der Waals surface area contributed by atoms with Crippen molar-refractivity contribution in [3.8, 4) is 0 Å². The van der Waals surface area contributed by atoms with E-state index in [0.29, 0.717) is 11.3 Å². The third-order valence-corrected chi connectivity index (χ3v) is 5.23.